The monoisotopic (exact) mass is 223 g/mol. The topological polar surface area (TPSA) is 68.0 Å². The summed E-state index contributed by atoms with van der Waals surface area (Å²) < 4.78 is 39.6. The Hall–Kier alpha value is -1.60. The van der Waals surface area contributed by atoms with Crippen LogP contribution in [0.25, 0.3) is 0 Å². The molecule has 1 rings (SSSR count). The number of hydrogen-bond donors (Lipinski definition) is 1. The van der Waals surface area contributed by atoms with E-state index in [-0.39, 0.29) is 6.54 Å². The third-order valence-corrected chi connectivity index (χ3v) is 1.78. The van der Waals surface area contributed by atoms with E-state index in [1.807, 2.05) is 0 Å². The molecule has 5 nitrogen and oxygen atoms in total. The number of halogens is 3. The van der Waals surface area contributed by atoms with Crippen molar-refractivity contribution in [1.29, 1.82) is 0 Å². The Morgan fingerprint density at radius 3 is 2.80 bits per heavy atom. The SMILES string of the molecule is CCn1ncnc1C(F)C(F)(F)C(=O)O. The molecule has 8 heteroatoms. The number of carbonyl (C=O) groups is 1. The third-order valence-electron chi connectivity index (χ3n) is 1.78. The number of alkyl halides is 3. The molecule has 0 radical (unpaired) electrons. The molecule has 0 aliphatic carbocycles. The number of nitrogens with zero attached hydrogens (tertiary/aromatic N) is 3. The van der Waals surface area contributed by atoms with Gasteiger partial charge in [-0.05, 0) is 6.92 Å². The van der Waals surface area contributed by atoms with Gasteiger partial charge >= 0.3 is 11.9 Å². The van der Waals surface area contributed by atoms with Gasteiger partial charge in [0.05, 0.1) is 0 Å². The number of carboxylic acids is 1. The fourth-order valence-corrected chi connectivity index (χ4v) is 0.984. The molecule has 1 aromatic rings. The second-order valence-corrected chi connectivity index (χ2v) is 2.72. The molecule has 0 aromatic carbocycles. The van der Waals surface area contributed by atoms with Crippen LogP contribution in [0.2, 0.25) is 0 Å². The summed E-state index contributed by atoms with van der Waals surface area (Å²) >= 11 is 0. The second kappa shape index (κ2) is 3.87. The van der Waals surface area contributed by atoms with Crippen LogP contribution in [0.4, 0.5) is 13.2 Å². The largest absolute Gasteiger partial charge is 0.477 e. The lowest BCUT2D eigenvalue weighted by molar-refractivity contribution is -0.176. The van der Waals surface area contributed by atoms with E-state index in [2.05, 4.69) is 10.1 Å². The summed E-state index contributed by atoms with van der Waals surface area (Å²) in [5, 5.41) is 11.6. The van der Waals surface area contributed by atoms with Gasteiger partial charge in [-0.2, -0.15) is 13.9 Å². The van der Waals surface area contributed by atoms with Crippen LogP contribution in [0.1, 0.15) is 18.9 Å². The fourth-order valence-electron chi connectivity index (χ4n) is 0.984. The minimum absolute atomic E-state index is 0.130. The highest BCUT2D eigenvalue weighted by atomic mass is 19.3. The molecular formula is C7H8F3N3O2. The van der Waals surface area contributed by atoms with E-state index >= 15 is 0 Å². The second-order valence-electron chi connectivity index (χ2n) is 2.72. The Balaban J connectivity index is 3.03. The van der Waals surface area contributed by atoms with E-state index in [1.54, 1.807) is 6.92 Å². The average Bonchev–Trinajstić information content (AvgIpc) is 2.63. The summed E-state index contributed by atoms with van der Waals surface area (Å²) in [6.45, 7) is 1.68. The Labute approximate surface area is 82.5 Å². The number of aliphatic carboxylic acids is 1. The van der Waals surface area contributed by atoms with Gasteiger partial charge in [0.2, 0.25) is 6.17 Å². The standard InChI is InChI=1S/C7H8F3N3O2/c1-2-13-5(11-3-12-13)4(8)7(9,10)6(14)15/h3-4H,2H2,1H3,(H,14,15). The maximum Gasteiger partial charge on any atom is 0.380 e. The molecule has 1 unspecified atom stereocenters. The van der Waals surface area contributed by atoms with Gasteiger partial charge < -0.3 is 5.11 Å². The lowest BCUT2D eigenvalue weighted by Crippen LogP contribution is -2.35. The molecule has 15 heavy (non-hydrogen) atoms. The molecule has 1 heterocycles. The lowest BCUT2D eigenvalue weighted by atomic mass is 10.2. The first kappa shape index (κ1) is 11.5. The maximum absolute atomic E-state index is 13.2. The van der Waals surface area contributed by atoms with Crippen molar-refractivity contribution >= 4 is 5.97 Å². The van der Waals surface area contributed by atoms with Crippen molar-refractivity contribution in [2.24, 2.45) is 0 Å². The molecule has 0 saturated heterocycles. The maximum atomic E-state index is 13.2. The fraction of sp³-hybridized carbons (Fsp3) is 0.571. The van der Waals surface area contributed by atoms with Crippen LogP contribution in [-0.4, -0.2) is 31.8 Å². The predicted molar refractivity (Wildman–Crippen MR) is 42.1 cm³/mol. The van der Waals surface area contributed by atoms with Crippen molar-refractivity contribution in [1.82, 2.24) is 14.8 Å². The highest BCUT2D eigenvalue weighted by molar-refractivity contribution is 5.76. The Bertz CT molecular complexity index is 366. The number of aryl methyl sites for hydroxylation is 1. The molecule has 0 aliphatic heterocycles. The Morgan fingerprint density at radius 2 is 2.33 bits per heavy atom. The van der Waals surface area contributed by atoms with E-state index in [0.717, 1.165) is 11.0 Å². The summed E-state index contributed by atoms with van der Waals surface area (Å²) in [6, 6.07) is 0. The van der Waals surface area contributed by atoms with Crippen LogP contribution < -0.4 is 0 Å². The molecule has 0 saturated carbocycles. The lowest BCUT2D eigenvalue weighted by Gasteiger charge is -2.15. The van der Waals surface area contributed by atoms with Crippen molar-refractivity contribution < 1.29 is 23.1 Å². The van der Waals surface area contributed by atoms with E-state index in [4.69, 9.17) is 5.11 Å². The van der Waals surface area contributed by atoms with Gasteiger partial charge in [0.1, 0.15) is 6.33 Å². The van der Waals surface area contributed by atoms with Crippen molar-refractivity contribution in [3.05, 3.63) is 12.2 Å². The van der Waals surface area contributed by atoms with Crippen LogP contribution in [0, 0.1) is 0 Å². The molecule has 0 spiro atoms. The van der Waals surface area contributed by atoms with Crippen molar-refractivity contribution in [3.8, 4) is 0 Å². The first-order chi connectivity index (χ1) is 6.91. The summed E-state index contributed by atoms with van der Waals surface area (Å²) in [6.07, 6.45) is -2.11. The van der Waals surface area contributed by atoms with Gasteiger partial charge in [0, 0.05) is 6.54 Å². The van der Waals surface area contributed by atoms with Crippen LogP contribution >= 0.6 is 0 Å². The summed E-state index contributed by atoms with van der Waals surface area (Å²) in [7, 11) is 0. The van der Waals surface area contributed by atoms with Crippen LogP contribution in [0.5, 0.6) is 0 Å². The minimum atomic E-state index is -4.50. The van der Waals surface area contributed by atoms with E-state index in [9.17, 15) is 18.0 Å². The number of rotatable bonds is 4. The first-order valence-corrected chi connectivity index (χ1v) is 4.04. The molecule has 1 N–H and O–H groups in total. The quantitative estimate of drug-likeness (QED) is 0.827. The zero-order valence-corrected chi connectivity index (χ0v) is 7.69. The van der Waals surface area contributed by atoms with Crippen LogP contribution in [0.3, 0.4) is 0 Å². The summed E-state index contributed by atoms with van der Waals surface area (Å²) in [5.41, 5.74) is 0. The predicted octanol–water partition coefficient (Wildman–Crippen LogP) is 1.03. The Morgan fingerprint density at radius 1 is 1.73 bits per heavy atom. The average molecular weight is 223 g/mol. The van der Waals surface area contributed by atoms with Crippen molar-refractivity contribution in [3.63, 3.8) is 0 Å². The first-order valence-electron chi connectivity index (χ1n) is 4.04. The van der Waals surface area contributed by atoms with Gasteiger partial charge in [0.15, 0.2) is 5.82 Å². The zero-order chi connectivity index (χ0) is 11.6. The molecule has 0 aliphatic rings. The molecule has 84 valence electrons. The Kier molecular flexibility index (Phi) is 2.96. The summed E-state index contributed by atoms with van der Waals surface area (Å²) in [5.74, 6) is -7.72. The van der Waals surface area contributed by atoms with E-state index < -0.39 is 23.9 Å². The van der Waals surface area contributed by atoms with Gasteiger partial charge in [-0.25, -0.2) is 18.9 Å². The number of hydrogen-bond acceptors (Lipinski definition) is 3. The van der Waals surface area contributed by atoms with Crippen LogP contribution in [0.15, 0.2) is 6.33 Å². The highest BCUT2D eigenvalue weighted by Crippen LogP contribution is 2.33. The van der Waals surface area contributed by atoms with Gasteiger partial charge in [-0.1, -0.05) is 0 Å². The van der Waals surface area contributed by atoms with Crippen molar-refractivity contribution in [2.45, 2.75) is 25.6 Å². The van der Waals surface area contributed by atoms with E-state index in [0.29, 0.717) is 0 Å². The van der Waals surface area contributed by atoms with Gasteiger partial charge in [0.25, 0.3) is 0 Å². The smallest absolute Gasteiger partial charge is 0.380 e. The molecule has 0 bridgehead atoms. The van der Waals surface area contributed by atoms with Gasteiger partial charge in [-0.15, -0.1) is 0 Å². The van der Waals surface area contributed by atoms with Gasteiger partial charge in [-0.3, -0.25) is 0 Å². The van der Waals surface area contributed by atoms with Crippen LogP contribution in [-0.2, 0) is 11.3 Å². The zero-order valence-electron chi connectivity index (χ0n) is 7.69. The molecule has 1 atom stereocenters. The normalized spacial score (nSPS) is 13.9. The molecule has 0 amide bonds. The third kappa shape index (κ3) is 1.92. The minimum Gasteiger partial charge on any atom is -0.477 e. The summed E-state index contributed by atoms with van der Waals surface area (Å²) in [4.78, 5) is 13.4. The molecular weight excluding hydrogens is 215 g/mol. The van der Waals surface area contributed by atoms with Crippen molar-refractivity contribution in [2.75, 3.05) is 0 Å². The number of carboxylic acid groups (broad SMARTS) is 1. The molecule has 1 aromatic heterocycles. The highest BCUT2D eigenvalue weighted by Gasteiger charge is 2.51. The number of aromatic nitrogens is 3. The molecule has 0 fully saturated rings. The van der Waals surface area contributed by atoms with E-state index in [1.165, 1.54) is 0 Å².